The second-order valence-electron chi connectivity index (χ2n) is 3.98. The molecule has 1 unspecified atom stereocenters. The first kappa shape index (κ1) is 14.9. The Morgan fingerprint density at radius 3 is 2.78 bits per heavy atom. The average molecular weight is 320 g/mol. The Bertz CT molecular complexity index is 465. The zero-order valence-electron chi connectivity index (χ0n) is 10.2. The number of rotatable bonds is 5. The second kappa shape index (κ2) is 6.15. The molecule has 100 valence electrons. The molecular weight excluding hydrogens is 305 g/mol. The van der Waals surface area contributed by atoms with Crippen molar-refractivity contribution in [3.63, 3.8) is 0 Å². The van der Waals surface area contributed by atoms with Crippen molar-refractivity contribution in [3.8, 4) is 5.75 Å². The monoisotopic (exact) mass is 319 g/mol. The molecule has 18 heavy (non-hydrogen) atoms. The van der Waals surface area contributed by atoms with Gasteiger partial charge in [0.05, 0.1) is 11.6 Å². The van der Waals surface area contributed by atoms with Crippen molar-refractivity contribution in [2.75, 3.05) is 7.11 Å². The van der Waals surface area contributed by atoms with Gasteiger partial charge in [-0.25, -0.2) is 4.39 Å². The molecule has 0 saturated heterocycles. The van der Waals surface area contributed by atoms with E-state index in [9.17, 15) is 9.18 Å². The smallest absolute Gasteiger partial charge is 0.303 e. The molecule has 0 aliphatic heterocycles. The number of aryl methyl sites for hydroxylation is 1. The lowest BCUT2D eigenvalue weighted by atomic mass is 9.99. The minimum atomic E-state index is -0.936. The van der Waals surface area contributed by atoms with Crippen molar-refractivity contribution in [1.29, 1.82) is 0 Å². The summed E-state index contributed by atoms with van der Waals surface area (Å²) < 4.78 is 19.1. The number of hydrogen-bond donors (Lipinski definition) is 2. The zero-order chi connectivity index (χ0) is 13.9. The highest BCUT2D eigenvalue weighted by molar-refractivity contribution is 9.10. The molecule has 0 aromatic heterocycles. The van der Waals surface area contributed by atoms with Crippen LogP contribution in [0.15, 0.2) is 10.5 Å². The van der Waals surface area contributed by atoms with Crippen molar-refractivity contribution in [3.05, 3.63) is 27.5 Å². The standard InChI is InChI=1S/C12H15BrFNO3/c1-6-5-7(14)11(13)10(12(6)18-2)8(15)3-4-9(16)17/h5,8H,3-4,15H2,1-2H3,(H,16,17). The molecule has 1 atom stereocenters. The van der Waals surface area contributed by atoms with E-state index < -0.39 is 17.8 Å². The van der Waals surface area contributed by atoms with E-state index in [2.05, 4.69) is 15.9 Å². The maximum Gasteiger partial charge on any atom is 0.303 e. The summed E-state index contributed by atoms with van der Waals surface area (Å²) in [5.41, 5.74) is 7.01. The number of halogens is 2. The first-order chi connectivity index (χ1) is 8.38. The van der Waals surface area contributed by atoms with Gasteiger partial charge in [-0.1, -0.05) is 0 Å². The van der Waals surface area contributed by atoms with Crippen LogP contribution in [0.4, 0.5) is 4.39 Å². The van der Waals surface area contributed by atoms with Gasteiger partial charge in [0.25, 0.3) is 0 Å². The average Bonchev–Trinajstić information content (AvgIpc) is 2.30. The molecule has 0 radical (unpaired) electrons. The van der Waals surface area contributed by atoms with E-state index in [0.717, 1.165) is 0 Å². The van der Waals surface area contributed by atoms with Crippen LogP contribution < -0.4 is 10.5 Å². The molecule has 0 fully saturated rings. The molecule has 4 nitrogen and oxygen atoms in total. The number of nitrogens with two attached hydrogens (primary N) is 1. The van der Waals surface area contributed by atoms with Gasteiger partial charge in [-0.15, -0.1) is 0 Å². The van der Waals surface area contributed by atoms with E-state index in [-0.39, 0.29) is 17.3 Å². The molecular formula is C12H15BrFNO3. The lowest BCUT2D eigenvalue weighted by Crippen LogP contribution is -2.15. The fourth-order valence-corrected chi connectivity index (χ4v) is 2.37. The van der Waals surface area contributed by atoms with Gasteiger partial charge in [0.2, 0.25) is 0 Å². The fraction of sp³-hybridized carbons (Fsp3) is 0.417. The predicted octanol–water partition coefficient (Wildman–Crippen LogP) is 2.77. The van der Waals surface area contributed by atoms with Gasteiger partial charge >= 0.3 is 5.97 Å². The van der Waals surface area contributed by atoms with Crippen molar-refractivity contribution < 1.29 is 19.0 Å². The van der Waals surface area contributed by atoms with Gasteiger partial charge in [-0.3, -0.25) is 4.79 Å². The van der Waals surface area contributed by atoms with Gasteiger partial charge in [0.1, 0.15) is 11.6 Å². The van der Waals surface area contributed by atoms with Crippen molar-refractivity contribution >= 4 is 21.9 Å². The van der Waals surface area contributed by atoms with Crippen LogP contribution in [0.5, 0.6) is 5.75 Å². The summed E-state index contributed by atoms with van der Waals surface area (Å²) in [4.78, 5) is 10.5. The van der Waals surface area contributed by atoms with Gasteiger partial charge in [0, 0.05) is 18.0 Å². The van der Waals surface area contributed by atoms with Crippen LogP contribution in [0.2, 0.25) is 0 Å². The first-order valence-corrected chi connectivity index (χ1v) is 6.17. The molecule has 1 rings (SSSR count). The normalized spacial score (nSPS) is 12.3. The zero-order valence-corrected chi connectivity index (χ0v) is 11.8. The highest BCUT2D eigenvalue weighted by Crippen LogP contribution is 2.37. The Morgan fingerprint density at radius 1 is 1.67 bits per heavy atom. The van der Waals surface area contributed by atoms with Crippen LogP contribution >= 0.6 is 15.9 Å². The van der Waals surface area contributed by atoms with Crippen molar-refractivity contribution in [2.24, 2.45) is 5.73 Å². The first-order valence-electron chi connectivity index (χ1n) is 5.38. The van der Waals surface area contributed by atoms with E-state index >= 15 is 0 Å². The quantitative estimate of drug-likeness (QED) is 0.875. The number of hydrogen-bond acceptors (Lipinski definition) is 3. The number of carboxylic acid groups (broad SMARTS) is 1. The summed E-state index contributed by atoms with van der Waals surface area (Å²) in [5, 5.41) is 8.64. The fourth-order valence-electron chi connectivity index (χ4n) is 1.79. The maximum atomic E-state index is 13.6. The molecule has 0 spiro atoms. The summed E-state index contributed by atoms with van der Waals surface area (Å²) in [7, 11) is 1.47. The van der Waals surface area contributed by atoms with Crippen LogP contribution in [0.25, 0.3) is 0 Å². The Kier molecular flexibility index (Phi) is 5.10. The summed E-state index contributed by atoms with van der Waals surface area (Å²) in [6, 6.07) is 0.746. The molecule has 0 saturated carbocycles. The minimum Gasteiger partial charge on any atom is -0.496 e. The highest BCUT2D eigenvalue weighted by Gasteiger charge is 2.21. The van der Waals surface area contributed by atoms with Crippen LogP contribution in [-0.4, -0.2) is 18.2 Å². The summed E-state index contributed by atoms with van der Waals surface area (Å²) in [6.07, 6.45) is 0.138. The van der Waals surface area contributed by atoms with Gasteiger partial charge in [0.15, 0.2) is 0 Å². The summed E-state index contributed by atoms with van der Waals surface area (Å²) in [6.45, 7) is 1.71. The molecule has 1 aromatic rings. The third-order valence-electron chi connectivity index (χ3n) is 2.64. The van der Waals surface area contributed by atoms with Gasteiger partial charge < -0.3 is 15.6 Å². The molecule has 6 heteroatoms. The van der Waals surface area contributed by atoms with Gasteiger partial charge in [-0.05, 0) is 40.9 Å². The Labute approximate surface area is 113 Å². The number of benzene rings is 1. The number of carboxylic acids is 1. The third-order valence-corrected chi connectivity index (χ3v) is 3.44. The van der Waals surface area contributed by atoms with Crippen LogP contribution in [0, 0.1) is 12.7 Å². The molecule has 0 aliphatic carbocycles. The predicted molar refractivity (Wildman–Crippen MR) is 69.2 cm³/mol. The molecule has 0 amide bonds. The third kappa shape index (κ3) is 3.20. The van der Waals surface area contributed by atoms with E-state index in [1.54, 1.807) is 6.92 Å². The molecule has 3 N–H and O–H groups in total. The maximum absolute atomic E-state index is 13.6. The Balaban J connectivity index is 3.16. The Hall–Kier alpha value is -1.14. The minimum absolute atomic E-state index is 0.0771. The summed E-state index contributed by atoms with van der Waals surface area (Å²) in [5.74, 6) is -0.885. The van der Waals surface area contributed by atoms with Crippen LogP contribution in [0.3, 0.4) is 0 Å². The van der Waals surface area contributed by atoms with E-state index in [1.807, 2.05) is 0 Å². The SMILES string of the molecule is COc1c(C)cc(F)c(Br)c1C(N)CCC(=O)O. The molecule has 0 heterocycles. The molecule has 0 bridgehead atoms. The van der Waals surface area contributed by atoms with E-state index in [0.29, 0.717) is 16.9 Å². The van der Waals surface area contributed by atoms with E-state index in [4.69, 9.17) is 15.6 Å². The highest BCUT2D eigenvalue weighted by atomic mass is 79.9. The Morgan fingerprint density at radius 2 is 2.28 bits per heavy atom. The van der Waals surface area contributed by atoms with Crippen LogP contribution in [-0.2, 0) is 4.79 Å². The van der Waals surface area contributed by atoms with E-state index in [1.165, 1.54) is 13.2 Å². The van der Waals surface area contributed by atoms with Crippen molar-refractivity contribution in [2.45, 2.75) is 25.8 Å². The number of ether oxygens (including phenoxy) is 1. The van der Waals surface area contributed by atoms with Gasteiger partial charge in [-0.2, -0.15) is 0 Å². The number of methoxy groups -OCH3 is 1. The largest absolute Gasteiger partial charge is 0.496 e. The number of aliphatic carboxylic acids is 1. The number of carbonyl (C=O) groups is 1. The van der Waals surface area contributed by atoms with Crippen molar-refractivity contribution in [1.82, 2.24) is 0 Å². The molecule has 1 aromatic carbocycles. The molecule has 0 aliphatic rings. The second-order valence-corrected chi connectivity index (χ2v) is 4.77. The lowest BCUT2D eigenvalue weighted by Gasteiger charge is -2.19. The lowest BCUT2D eigenvalue weighted by molar-refractivity contribution is -0.137. The topological polar surface area (TPSA) is 72.5 Å². The summed E-state index contributed by atoms with van der Waals surface area (Å²) >= 11 is 3.13. The van der Waals surface area contributed by atoms with Crippen LogP contribution in [0.1, 0.15) is 30.0 Å².